The maximum atomic E-state index is 12.3. The predicted octanol–water partition coefficient (Wildman–Crippen LogP) is 1.74. The van der Waals surface area contributed by atoms with E-state index in [-0.39, 0.29) is 36.8 Å². The van der Waals surface area contributed by atoms with Crippen molar-refractivity contribution in [1.29, 1.82) is 0 Å². The Bertz CT molecular complexity index is 535. The number of benzene rings is 1. The van der Waals surface area contributed by atoms with Crippen molar-refractivity contribution in [2.75, 3.05) is 13.2 Å². The van der Waals surface area contributed by atoms with Crippen LogP contribution in [0.2, 0.25) is 0 Å². The molecule has 23 heavy (non-hydrogen) atoms. The van der Waals surface area contributed by atoms with Gasteiger partial charge in [0.2, 0.25) is 11.8 Å². The van der Waals surface area contributed by atoms with Gasteiger partial charge in [0.15, 0.2) is 0 Å². The van der Waals surface area contributed by atoms with Crippen LogP contribution in [-0.2, 0) is 20.9 Å². The van der Waals surface area contributed by atoms with E-state index in [1.54, 1.807) is 0 Å². The Labute approximate surface area is 136 Å². The summed E-state index contributed by atoms with van der Waals surface area (Å²) in [6.07, 6.45) is 2.78. The lowest BCUT2D eigenvalue weighted by Gasteiger charge is -2.19. The number of carbonyl (C=O) groups excluding carboxylic acids is 2. The molecule has 1 aromatic carbocycles. The second kappa shape index (κ2) is 7.23. The normalized spacial score (nSPS) is 25.5. The molecule has 1 aromatic rings. The van der Waals surface area contributed by atoms with Crippen LogP contribution in [0.4, 0.5) is 0 Å². The van der Waals surface area contributed by atoms with Gasteiger partial charge < -0.3 is 9.84 Å². The predicted molar refractivity (Wildman–Crippen MR) is 84.3 cm³/mol. The first-order chi connectivity index (χ1) is 11.2. The van der Waals surface area contributed by atoms with Gasteiger partial charge in [0.25, 0.3) is 0 Å². The molecule has 1 saturated carbocycles. The van der Waals surface area contributed by atoms with Gasteiger partial charge in [0, 0.05) is 0 Å². The fourth-order valence-electron chi connectivity index (χ4n) is 3.56. The topological polar surface area (TPSA) is 66.8 Å². The molecule has 0 spiro atoms. The van der Waals surface area contributed by atoms with Crippen molar-refractivity contribution in [3.8, 4) is 0 Å². The third-order valence-electron chi connectivity index (χ3n) is 4.75. The van der Waals surface area contributed by atoms with E-state index < -0.39 is 6.10 Å². The number of aliphatic hydroxyl groups excluding tert-OH is 1. The Hall–Kier alpha value is -1.72. The second-order valence-corrected chi connectivity index (χ2v) is 6.44. The molecule has 124 valence electrons. The summed E-state index contributed by atoms with van der Waals surface area (Å²) in [4.78, 5) is 25.9. The molecule has 1 heterocycles. The number of ether oxygens (including phenoxy) is 1. The van der Waals surface area contributed by atoms with Crippen LogP contribution < -0.4 is 0 Å². The maximum absolute atomic E-state index is 12.3. The van der Waals surface area contributed by atoms with Crippen LogP contribution in [0.1, 0.15) is 31.2 Å². The van der Waals surface area contributed by atoms with E-state index >= 15 is 0 Å². The first-order valence-electron chi connectivity index (χ1n) is 8.32. The van der Waals surface area contributed by atoms with Gasteiger partial charge in [-0.15, -0.1) is 0 Å². The van der Waals surface area contributed by atoms with Gasteiger partial charge in [-0.3, -0.25) is 14.5 Å². The Morgan fingerprint density at radius 2 is 1.70 bits per heavy atom. The number of hydrogen-bond acceptors (Lipinski definition) is 4. The number of amides is 2. The highest BCUT2D eigenvalue weighted by molar-refractivity contribution is 6.05. The van der Waals surface area contributed by atoms with Crippen molar-refractivity contribution >= 4 is 11.8 Å². The SMILES string of the molecule is O=C1[C@H]2CCCC[C@H]2C(=O)N1C[C@@H](O)COCc1ccccc1. The third kappa shape index (κ3) is 3.62. The molecule has 0 bridgehead atoms. The highest BCUT2D eigenvalue weighted by atomic mass is 16.5. The fourth-order valence-corrected chi connectivity index (χ4v) is 3.56. The Kier molecular flexibility index (Phi) is 5.08. The second-order valence-electron chi connectivity index (χ2n) is 6.44. The summed E-state index contributed by atoms with van der Waals surface area (Å²) in [7, 11) is 0. The number of carbonyl (C=O) groups is 2. The van der Waals surface area contributed by atoms with E-state index in [2.05, 4.69) is 0 Å². The Morgan fingerprint density at radius 3 is 2.30 bits per heavy atom. The molecule has 1 N–H and O–H groups in total. The number of β-amino-alcohol motifs (C(OH)–C–C–N with tert-alkyl or cyclic N) is 1. The number of likely N-dealkylation sites (tertiary alicyclic amines) is 1. The molecule has 3 atom stereocenters. The van der Waals surface area contributed by atoms with Crippen molar-refractivity contribution in [3.05, 3.63) is 35.9 Å². The van der Waals surface area contributed by atoms with Crippen LogP contribution >= 0.6 is 0 Å². The van der Waals surface area contributed by atoms with Gasteiger partial charge in [0.1, 0.15) is 0 Å². The molecule has 5 nitrogen and oxygen atoms in total. The fraction of sp³-hybridized carbons (Fsp3) is 0.556. The van der Waals surface area contributed by atoms with Crippen LogP contribution in [0.5, 0.6) is 0 Å². The van der Waals surface area contributed by atoms with Crippen LogP contribution in [-0.4, -0.2) is 41.1 Å². The highest BCUT2D eigenvalue weighted by Crippen LogP contribution is 2.37. The first-order valence-corrected chi connectivity index (χ1v) is 8.32. The lowest BCUT2D eigenvalue weighted by atomic mass is 9.81. The molecule has 0 radical (unpaired) electrons. The molecule has 0 aromatic heterocycles. The van der Waals surface area contributed by atoms with Crippen molar-refractivity contribution in [1.82, 2.24) is 4.90 Å². The molecule has 2 fully saturated rings. The van der Waals surface area contributed by atoms with Crippen molar-refractivity contribution in [2.45, 2.75) is 38.4 Å². The van der Waals surface area contributed by atoms with Gasteiger partial charge in [-0.05, 0) is 18.4 Å². The average molecular weight is 317 g/mol. The lowest BCUT2D eigenvalue weighted by molar-refractivity contribution is -0.142. The summed E-state index contributed by atoms with van der Waals surface area (Å²) in [6.45, 7) is 0.561. The van der Waals surface area contributed by atoms with Gasteiger partial charge in [0.05, 0.1) is 37.7 Å². The summed E-state index contributed by atoms with van der Waals surface area (Å²) >= 11 is 0. The smallest absolute Gasteiger partial charge is 0.233 e. The van der Waals surface area contributed by atoms with Crippen LogP contribution in [0.15, 0.2) is 30.3 Å². The van der Waals surface area contributed by atoms with Crippen molar-refractivity contribution in [3.63, 3.8) is 0 Å². The largest absolute Gasteiger partial charge is 0.389 e. The third-order valence-corrected chi connectivity index (χ3v) is 4.75. The van der Waals surface area contributed by atoms with Crippen LogP contribution in [0.25, 0.3) is 0 Å². The summed E-state index contributed by atoms with van der Waals surface area (Å²) in [5.74, 6) is -0.536. The van der Waals surface area contributed by atoms with E-state index in [0.717, 1.165) is 31.2 Å². The van der Waals surface area contributed by atoms with Gasteiger partial charge in [-0.1, -0.05) is 43.2 Å². The zero-order chi connectivity index (χ0) is 16.2. The summed E-state index contributed by atoms with van der Waals surface area (Å²) in [5.41, 5.74) is 1.03. The minimum absolute atomic E-state index is 0.0411. The molecule has 1 aliphatic heterocycles. The molecule has 2 aliphatic rings. The summed E-state index contributed by atoms with van der Waals surface area (Å²) in [5, 5.41) is 10.1. The zero-order valence-electron chi connectivity index (χ0n) is 13.2. The van der Waals surface area contributed by atoms with Gasteiger partial charge >= 0.3 is 0 Å². The number of aliphatic hydroxyl groups is 1. The molecule has 3 rings (SSSR count). The Balaban J connectivity index is 1.48. The van der Waals surface area contributed by atoms with E-state index in [4.69, 9.17) is 4.74 Å². The number of nitrogens with zero attached hydrogens (tertiary/aromatic N) is 1. The average Bonchev–Trinajstić information content (AvgIpc) is 2.81. The number of rotatable bonds is 6. The maximum Gasteiger partial charge on any atom is 0.233 e. The highest BCUT2D eigenvalue weighted by Gasteiger charge is 2.48. The molecule has 0 unspecified atom stereocenters. The molecular weight excluding hydrogens is 294 g/mol. The standard InChI is InChI=1S/C18H23NO4/c20-14(12-23-11-13-6-2-1-3-7-13)10-19-17(21)15-8-4-5-9-16(15)18(19)22/h1-3,6-7,14-16,20H,4-5,8-12H2/t14-,15-,16+/m1/s1. The van der Waals surface area contributed by atoms with Gasteiger partial charge in [-0.2, -0.15) is 0 Å². The number of fused-ring (bicyclic) bond motifs is 1. The van der Waals surface area contributed by atoms with E-state index in [9.17, 15) is 14.7 Å². The van der Waals surface area contributed by atoms with Crippen molar-refractivity contribution in [2.24, 2.45) is 11.8 Å². The minimum Gasteiger partial charge on any atom is -0.389 e. The molecule has 5 heteroatoms. The monoisotopic (exact) mass is 317 g/mol. The number of hydrogen-bond donors (Lipinski definition) is 1. The minimum atomic E-state index is -0.841. The summed E-state index contributed by atoms with van der Waals surface area (Å²) < 4.78 is 5.48. The first kappa shape index (κ1) is 16.1. The molecule has 2 amide bonds. The lowest BCUT2D eigenvalue weighted by Crippen LogP contribution is -2.39. The van der Waals surface area contributed by atoms with E-state index in [0.29, 0.717) is 6.61 Å². The quantitative estimate of drug-likeness (QED) is 0.812. The van der Waals surface area contributed by atoms with E-state index in [1.807, 2.05) is 30.3 Å². The molecule has 1 saturated heterocycles. The molecule has 1 aliphatic carbocycles. The zero-order valence-corrected chi connectivity index (χ0v) is 13.2. The Morgan fingerprint density at radius 1 is 1.09 bits per heavy atom. The van der Waals surface area contributed by atoms with Gasteiger partial charge in [-0.25, -0.2) is 0 Å². The van der Waals surface area contributed by atoms with Crippen LogP contribution in [0, 0.1) is 11.8 Å². The molecular formula is C18H23NO4. The summed E-state index contributed by atoms with van der Waals surface area (Å²) in [6, 6.07) is 9.69. The van der Waals surface area contributed by atoms with Crippen LogP contribution in [0.3, 0.4) is 0 Å². The number of imide groups is 1. The van der Waals surface area contributed by atoms with E-state index in [1.165, 1.54) is 4.90 Å². The van der Waals surface area contributed by atoms with Crippen molar-refractivity contribution < 1.29 is 19.4 Å².